The number of nitrogens with one attached hydrogen (secondary N) is 1. The molecule has 192 valence electrons. The summed E-state index contributed by atoms with van der Waals surface area (Å²) in [5.74, 6) is -0.518. The van der Waals surface area contributed by atoms with Gasteiger partial charge >= 0.3 is 6.09 Å². The standard InChI is InChI=1S/C25H26Cl2FN3O5/c1-25(2,3)36-24(33)31-12-14(29-21(32)13-34-15-8-9-16(26)18(28)11-15)7-10-20(31)23-30-19-6-4-5-17(27)22(19)35-23/h4-6,8-9,11,14,20H,7,10,12-13H2,1-3H3,(H,29,32)/t14-,20+/m0/s1. The zero-order valence-electron chi connectivity index (χ0n) is 20.0. The van der Waals surface area contributed by atoms with Crippen molar-refractivity contribution in [2.75, 3.05) is 13.2 Å². The van der Waals surface area contributed by atoms with E-state index in [1.807, 2.05) is 0 Å². The fourth-order valence-electron chi connectivity index (χ4n) is 3.93. The molecule has 3 aromatic rings. The van der Waals surface area contributed by atoms with Crippen LogP contribution in [0, 0.1) is 5.82 Å². The van der Waals surface area contributed by atoms with Crippen molar-refractivity contribution in [3.8, 4) is 5.75 Å². The van der Waals surface area contributed by atoms with Crippen LogP contribution in [0.5, 0.6) is 5.75 Å². The molecule has 0 saturated carbocycles. The van der Waals surface area contributed by atoms with Gasteiger partial charge in [0.05, 0.1) is 10.0 Å². The van der Waals surface area contributed by atoms with Gasteiger partial charge in [-0.2, -0.15) is 0 Å². The third kappa shape index (κ3) is 6.20. The normalized spacial score (nSPS) is 18.2. The first-order valence-electron chi connectivity index (χ1n) is 11.4. The Morgan fingerprint density at radius 1 is 1.19 bits per heavy atom. The number of hydrogen-bond acceptors (Lipinski definition) is 6. The minimum atomic E-state index is -0.718. The molecule has 0 aliphatic carbocycles. The highest BCUT2D eigenvalue weighted by molar-refractivity contribution is 6.34. The van der Waals surface area contributed by atoms with Gasteiger partial charge in [0, 0.05) is 18.7 Å². The number of oxazole rings is 1. The predicted molar refractivity (Wildman–Crippen MR) is 133 cm³/mol. The molecule has 36 heavy (non-hydrogen) atoms. The van der Waals surface area contributed by atoms with Crippen molar-refractivity contribution in [3.05, 3.63) is 58.2 Å². The quantitative estimate of drug-likeness (QED) is 0.434. The van der Waals surface area contributed by atoms with Crippen LogP contribution in [0.3, 0.4) is 0 Å². The van der Waals surface area contributed by atoms with Crippen LogP contribution in [0.15, 0.2) is 40.8 Å². The van der Waals surface area contributed by atoms with Gasteiger partial charge in [-0.05, 0) is 57.9 Å². The van der Waals surface area contributed by atoms with Crippen molar-refractivity contribution >= 4 is 46.3 Å². The number of rotatable bonds is 5. The van der Waals surface area contributed by atoms with E-state index >= 15 is 0 Å². The van der Waals surface area contributed by atoms with E-state index in [2.05, 4.69) is 10.3 Å². The SMILES string of the molecule is CC(C)(C)OC(=O)N1C[C@@H](NC(=O)COc2ccc(Cl)c(F)c2)CC[C@@H]1c1nc2cccc(Cl)c2o1. The highest BCUT2D eigenvalue weighted by atomic mass is 35.5. The first-order valence-corrected chi connectivity index (χ1v) is 12.2. The van der Waals surface area contributed by atoms with Crippen LogP contribution in [0.1, 0.15) is 45.5 Å². The van der Waals surface area contributed by atoms with E-state index < -0.39 is 29.5 Å². The van der Waals surface area contributed by atoms with Crippen LogP contribution in [-0.4, -0.2) is 46.7 Å². The molecule has 0 bridgehead atoms. The molecule has 0 radical (unpaired) electrons. The van der Waals surface area contributed by atoms with E-state index in [-0.39, 0.29) is 30.0 Å². The van der Waals surface area contributed by atoms with Crippen LogP contribution in [0.25, 0.3) is 11.1 Å². The lowest BCUT2D eigenvalue weighted by atomic mass is 9.98. The fraction of sp³-hybridized carbons (Fsp3) is 0.400. The summed E-state index contributed by atoms with van der Waals surface area (Å²) in [6.45, 7) is 5.18. The Morgan fingerprint density at radius 3 is 2.67 bits per heavy atom. The molecule has 1 aromatic heterocycles. The summed E-state index contributed by atoms with van der Waals surface area (Å²) >= 11 is 11.9. The van der Waals surface area contributed by atoms with Gasteiger partial charge in [-0.15, -0.1) is 0 Å². The maximum atomic E-state index is 13.6. The molecule has 2 atom stereocenters. The molecular weight excluding hydrogens is 512 g/mol. The summed E-state index contributed by atoms with van der Waals surface area (Å²) in [6, 6.07) is 8.34. The summed E-state index contributed by atoms with van der Waals surface area (Å²) < 4.78 is 30.5. The Labute approximate surface area is 217 Å². The summed E-state index contributed by atoms with van der Waals surface area (Å²) in [4.78, 5) is 31.7. The van der Waals surface area contributed by atoms with Crippen LogP contribution >= 0.6 is 23.2 Å². The van der Waals surface area contributed by atoms with E-state index in [0.717, 1.165) is 6.07 Å². The molecular formula is C25H26Cl2FN3O5. The number of para-hydroxylation sites is 1. The Balaban J connectivity index is 1.46. The van der Waals surface area contributed by atoms with Gasteiger partial charge in [-0.25, -0.2) is 14.2 Å². The highest BCUT2D eigenvalue weighted by Gasteiger charge is 2.38. The molecule has 11 heteroatoms. The van der Waals surface area contributed by atoms with E-state index in [4.69, 9.17) is 37.1 Å². The lowest BCUT2D eigenvalue weighted by Crippen LogP contribution is -2.52. The summed E-state index contributed by atoms with van der Waals surface area (Å²) in [5, 5.41) is 3.26. The zero-order chi connectivity index (χ0) is 26.0. The second-order valence-electron chi connectivity index (χ2n) is 9.50. The van der Waals surface area contributed by atoms with Crippen molar-refractivity contribution in [1.82, 2.24) is 15.2 Å². The van der Waals surface area contributed by atoms with Gasteiger partial charge in [-0.1, -0.05) is 29.3 Å². The van der Waals surface area contributed by atoms with Gasteiger partial charge in [-0.3, -0.25) is 9.69 Å². The number of amides is 2. The first-order chi connectivity index (χ1) is 17.0. The number of carbonyl (C=O) groups excluding carboxylic acids is 2. The molecule has 8 nitrogen and oxygen atoms in total. The molecule has 1 fully saturated rings. The lowest BCUT2D eigenvalue weighted by molar-refractivity contribution is -0.124. The third-order valence-electron chi connectivity index (χ3n) is 5.50. The van der Waals surface area contributed by atoms with Crippen LogP contribution in [0.2, 0.25) is 10.0 Å². The summed E-state index contributed by atoms with van der Waals surface area (Å²) in [7, 11) is 0. The predicted octanol–water partition coefficient (Wildman–Crippen LogP) is 5.91. The number of carbonyl (C=O) groups is 2. The minimum Gasteiger partial charge on any atom is -0.484 e. The number of benzene rings is 2. The number of likely N-dealkylation sites (tertiary alicyclic amines) is 1. The van der Waals surface area contributed by atoms with E-state index in [1.165, 1.54) is 17.0 Å². The maximum absolute atomic E-state index is 13.6. The van der Waals surface area contributed by atoms with E-state index in [9.17, 15) is 14.0 Å². The number of nitrogens with zero attached hydrogens (tertiary/aromatic N) is 2. The minimum absolute atomic E-state index is 0.0352. The van der Waals surface area contributed by atoms with Crippen molar-refractivity contribution in [3.63, 3.8) is 0 Å². The average Bonchev–Trinajstić information content (AvgIpc) is 3.24. The Hall–Kier alpha value is -3.04. The Bertz CT molecular complexity index is 1280. The first kappa shape index (κ1) is 26.0. The third-order valence-corrected chi connectivity index (χ3v) is 6.11. The Kier molecular flexibility index (Phi) is 7.61. The van der Waals surface area contributed by atoms with Gasteiger partial charge < -0.3 is 19.2 Å². The molecule has 2 heterocycles. The van der Waals surface area contributed by atoms with Gasteiger partial charge in [0.25, 0.3) is 5.91 Å². The molecule has 4 rings (SSSR count). The van der Waals surface area contributed by atoms with Gasteiger partial charge in [0.15, 0.2) is 12.2 Å². The fourth-order valence-corrected chi connectivity index (χ4v) is 4.25. The maximum Gasteiger partial charge on any atom is 0.411 e. The molecule has 1 aliphatic rings. The molecule has 1 saturated heterocycles. The van der Waals surface area contributed by atoms with Crippen LogP contribution < -0.4 is 10.1 Å². The number of fused-ring (bicyclic) bond motifs is 1. The molecule has 0 spiro atoms. The second kappa shape index (κ2) is 10.5. The molecule has 2 aromatic carbocycles. The molecule has 0 unspecified atom stereocenters. The highest BCUT2D eigenvalue weighted by Crippen LogP contribution is 2.35. The Morgan fingerprint density at radius 2 is 1.97 bits per heavy atom. The van der Waals surface area contributed by atoms with E-state index in [1.54, 1.807) is 39.0 Å². The molecule has 2 amide bonds. The monoisotopic (exact) mass is 537 g/mol. The van der Waals surface area contributed by atoms with E-state index in [0.29, 0.717) is 34.9 Å². The summed E-state index contributed by atoms with van der Waals surface area (Å²) in [6.07, 6.45) is 0.475. The van der Waals surface area contributed by atoms with Crippen LogP contribution in [0.4, 0.5) is 9.18 Å². The topological polar surface area (TPSA) is 93.9 Å². The smallest absolute Gasteiger partial charge is 0.411 e. The zero-order valence-corrected chi connectivity index (χ0v) is 21.5. The van der Waals surface area contributed by atoms with Crippen LogP contribution in [-0.2, 0) is 9.53 Å². The lowest BCUT2D eigenvalue weighted by Gasteiger charge is -2.38. The number of ether oxygens (including phenoxy) is 2. The number of hydrogen-bond donors (Lipinski definition) is 1. The number of piperidine rings is 1. The number of halogens is 3. The molecule has 1 N–H and O–H groups in total. The molecule has 1 aliphatic heterocycles. The summed E-state index contributed by atoms with van der Waals surface area (Å²) in [5.41, 5.74) is 0.321. The number of aromatic nitrogens is 1. The second-order valence-corrected chi connectivity index (χ2v) is 10.3. The van der Waals surface area contributed by atoms with Gasteiger partial charge in [0.2, 0.25) is 5.89 Å². The van der Waals surface area contributed by atoms with Crippen molar-refractivity contribution < 1.29 is 27.9 Å². The van der Waals surface area contributed by atoms with Crippen molar-refractivity contribution in [2.45, 2.75) is 51.3 Å². The van der Waals surface area contributed by atoms with Gasteiger partial charge in [0.1, 0.15) is 28.7 Å². The average molecular weight is 538 g/mol. The largest absolute Gasteiger partial charge is 0.484 e. The van der Waals surface area contributed by atoms with Crippen molar-refractivity contribution in [1.29, 1.82) is 0 Å². The van der Waals surface area contributed by atoms with Crippen molar-refractivity contribution in [2.24, 2.45) is 0 Å².